The fourth-order valence-electron chi connectivity index (χ4n) is 2.00. The first kappa shape index (κ1) is 15.4. The Kier molecular flexibility index (Phi) is 5.51. The van der Waals surface area contributed by atoms with Crippen LogP contribution in [0.2, 0.25) is 0 Å². The van der Waals surface area contributed by atoms with Crippen LogP contribution in [0.3, 0.4) is 0 Å². The molecule has 0 bridgehead atoms. The molecule has 1 aromatic carbocycles. The molecule has 2 rings (SSSR count). The van der Waals surface area contributed by atoms with Gasteiger partial charge in [0.1, 0.15) is 5.75 Å². The van der Waals surface area contributed by atoms with E-state index < -0.39 is 6.61 Å². The van der Waals surface area contributed by atoms with Gasteiger partial charge in [-0.2, -0.15) is 8.78 Å². The standard InChI is InChI=1S/C14H14BrF2NOS/c1-18-11(8-13-10(15)6-7-20-13)9-4-2-3-5-12(9)19-14(16)17/h2-7,11,14,18H,8H2,1H3. The lowest BCUT2D eigenvalue weighted by atomic mass is 10.0. The molecule has 0 amide bonds. The number of alkyl halides is 2. The van der Waals surface area contributed by atoms with Crippen molar-refractivity contribution in [2.75, 3.05) is 7.05 Å². The van der Waals surface area contributed by atoms with Gasteiger partial charge in [0.2, 0.25) is 0 Å². The van der Waals surface area contributed by atoms with Gasteiger partial charge in [-0.05, 0) is 40.5 Å². The number of likely N-dealkylation sites (N-methyl/N-ethyl adjacent to an activating group) is 1. The lowest BCUT2D eigenvalue weighted by Gasteiger charge is -2.19. The number of hydrogen-bond donors (Lipinski definition) is 1. The van der Waals surface area contributed by atoms with Gasteiger partial charge in [0.25, 0.3) is 0 Å². The fraction of sp³-hybridized carbons (Fsp3) is 0.286. The largest absolute Gasteiger partial charge is 0.434 e. The molecule has 1 heterocycles. The molecule has 0 aliphatic heterocycles. The number of benzene rings is 1. The van der Waals surface area contributed by atoms with Crippen molar-refractivity contribution in [2.24, 2.45) is 0 Å². The number of hydrogen-bond acceptors (Lipinski definition) is 3. The predicted octanol–water partition coefficient (Wildman–Crippen LogP) is 4.62. The van der Waals surface area contributed by atoms with E-state index >= 15 is 0 Å². The zero-order chi connectivity index (χ0) is 14.5. The summed E-state index contributed by atoms with van der Waals surface area (Å²) < 4.78 is 30.6. The maximum Gasteiger partial charge on any atom is 0.387 e. The van der Waals surface area contributed by atoms with E-state index in [1.54, 1.807) is 29.5 Å². The minimum absolute atomic E-state index is 0.0834. The molecule has 0 saturated carbocycles. The van der Waals surface area contributed by atoms with Crippen LogP contribution in [0.4, 0.5) is 8.78 Å². The van der Waals surface area contributed by atoms with Gasteiger partial charge in [-0.3, -0.25) is 0 Å². The molecule has 6 heteroatoms. The Morgan fingerprint density at radius 3 is 2.65 bits per heavy atom. The summed E-state index contributed by atoms with van der Waals surface area (Å²) >= 11 is 5.12. The van der Waals surface area contributed by atoms with Crippen LogP contribution in [0, 0.1) is 0 Å². The number of nitrogens with one attached hydrogen (secondary N) is 1. The van der Waals surface area contributed by atoms with Crippen LogP contribution in [-0.4, -0.2) is 13.7 Å². The molecule has 1 atom stereocenters. The molecule has 0 spiro atoms. The van der Waals surface area contributed by atoms with Crippen molar-refractivity contribution in [2.45, 2.75) is 19.1 Å². The average Bonchev–Trinajstić information content (AvgIpc) is 2.82. The Morgan fingerprint density at radius 2 is 2.05 bits per heavy atom. The van der Waals surface area contributed by atoms with Crippen LogP contribution in [-0.2, 0) is 6.42 Å². The number of halogens is 3. The molecule has 20 heavy (non-hydrogen) atoms. The molecule has 1 unspecified atom stereocenters. The van der Waals surface area contributed by atoms with Gasteiger partial charge in [0, 0.05) is 27.4 Å². The summed E-state index contributed by atoms with van der Waals surface area (Å²) in [5, 5.41) is 5.15. The molecule has 1 aromatic heterocycles. The van der Waals surface area contributed by atoms with Crippen molar-refractivity contribution >= 4 is 27.3 Å². The van der Waals surface area contributed by atoms with Crippen molar-refractivity contribution in [1.82, 2.24) is 5.32 Å². The van der Waals surface area contributed by atoms with Gasteiger partial charge in [0.15, 0.2) is 0 Å². The van der Waals surface area contributed by atoms with Crippen LogP contribution in [0.25, 0.3) is 0 Å². The predicted molar refractivity (Wildman–Crippen MR) is 80.6 cm³/mol. The van der Waals surface area contributed by atoms with Crippen LogP contribution in [0.15, 0.2) is 40.2 Å². The Labute approximate surface area is 128 Å². The van der Waals surface area contributed by atoms with E-state index in [0.29, 0.717) is 6.42 Å². The Hall–Kier alpha value is -0.980. The number of thiophene rings is 1. The third-order valence-corrected chi connectivity index (χ3v) is 4.89. The number of para-hydroxylation sites is 1. The topological polar surface area (TPSA) is 21.3 Å². The van der Waals surface area contributed by atoms with Gasteiger partial charge in [-0.1, -0.05) is 18.2 Å². The number of ether oxygens (including phenoxy) is 1. The summed E-state index contributed by atoms with van der Waals surface area (Å²) in [5.74, 6) is 0.217. The average molecular weight is 362 g/mol. The molecule has 1 N–H and O–H groups in total. The van der Waals surface area contributed by atoms with E-state index in [4.69, 9.17) is 0 Å². The third kappa shape index (κ3) is 3.77. The van der Waals surface area contributed by atoms with Crippen LogP contribution < -0.4 is 10.1 Å². The Bertz CT molecular complexity index is 562. The van der Waals surface area contributed by atoms with Gasteiger partial charge in [-0.15, -0.1) is 11.3 Å². The van der Waals surface area contributed by atoms with Crippen LogP contribution in [0.5, 0.6) is 5.75 Å². The minimum atomic E-state index is -2.82. The molecule has 0 fully saturated rings. The van der Waals surface area contributed by atoms with Gasteiger partial charge >= 0.3 is 6.61 Å². The van der Waals surface area contributed by atoms with Crippen molar-refractivity contribution in [3.63, 3.8) is 0 Å². The van der Waals surface area contributed by atoms with E-state index in [1.165, 1.54) is 0 Å². The van der Waals surface area contributed by atoms with Crippen molar-refractivity contribution in [1.29, 1.82) is 0 Å². The minimum Gasteiger partial charge on any atom is -0.434 e. The summed E-state index contributed by atoms with van der Waals surface area (Å²) in [7, 11) is 1.81. The SMILES string of the molecule is CNC(Cc1sccc1Br)c1ccccc1OC(F)F. The molecule has 0 saturated heterocycles. The molecule has 0 aliphatic rings. The second-order valence-electron chi connectivity index (χ2n) is 4.15. The molecule has 0 radical (unpaired) electrons. The Morgan fingerprint density at radius 1 is 1.30 bits per heavy atom. The molecule has 2 aromatic rings. The molecule has 0 aliphatic carbocycles. The highest BCUT2D eigenvalue weighted by Crippen LogP contribution is 2.32. The highest BCUT2D eigenvalue weighted by molar-refractivity contribution is 9.10. The van der Waals surface area contributed by atoms with Crippen molar-refractivity contribution in [3.05, 3.63) is 50.6 Å². The van der Waals surface area contributed by atoms with Gasteiger partial charge < -0.3 is 10.1 Å². The maximum absolute atomic E-state index is 12.5. The van der Waals surface area contributed by atoms with Crippen LogP contribution >= 0.6 is 27.3 Å². The fourth-order valence-corrected chi connectivity index (χ4v) is 3.56. The first-order valence-corrected chi connectivity index (χ1v) is 7.72. The summed E-state index contributed by atoms with van der Waals surface area (Å²) in [6.45, 7) is -2.82. The lowest BCUT2D eigenvalue weighted by molar-refractivity contribution is -0.0507. The van der Waals surface area contributed by atoms with Gasteiger partial charge in [0.05, 0.1) is 0 Å². The summed E-state index contributed by atoms with van der Waals surface area (Å²) in [6.07, 6.45) is 0.707. The molecule has 108 valence electrons. The lowest BCUT2D eigenvalue weighted by Crippen LogP contribution is -2.20. The first-order chi connectivity index (χ1) is 9.61. The zero-order valence-corrected chi connectivity index (χ0v) is 13.2. The normalized spacial score (nSPS) is 12.7. The second kappa shape index (κ2) is 7.15. The monoisotopic (exact) mass is 361 g/mol. The third-order valence-electron chi connectivity index (χ3n) is 2.94. The van der Waals surface area contributed by atoms with E-state index in [1.807, 2.05) is 24.6 Å². The van der Waals surface area contributed by atoms with Crippen LogP contribution in [0.1, 0.15) is 16.5 Å². The zero-order valence-electron chi connectivity index (χ0n) is 10.8. The Balaban J connectivity index is 2.25. The highest BCUT2D eigenvalue weighted by atomic mass is 79.9. The van der Waals surface area contributed by atoms with E-state index in [-0.39, 0.29) is 11.8 Å². The van der Waals surface area contributed by atoms with Gasteiger partial charge in [-0.25, -0.2) is 0 Å². The first-order valence-electron chi connectivity index (χ1n) is 6.04. The van der Waals surface area contributed by atoms with Crippen molar-refractivity contribution < 1.29 is 13.5 Å². The smallest absolute Gasteiger partial charge is 0.387 e. The molecule has 2 nitrogen and oxygen atoms in total. The molecular weight excluding hydrogens is 348 g/mol. The summed E-state index contributed by atoms with van der Waals surface area (Å²) in [6, 6.07) is 8.78. The summed E-state index contributed by atoms with van der Waals surface area (Å²) in [5.41, 5.74) is 0.732. The van der Waals surface area contributed by atoms with E-state index in [2.05, 4.69) is 26.0 Å². The second-order valence-corrected chi connectivity index (χ2v) is 6.01. The van der Waals surface area contributed by atoms with Crippen molar-refractivity contribution in [3.8, 4) is 5.75 Å². The van der Waals surface area contributed by atoms with E-state index in [9.17, 15) is 8.78 Å². The summed E-state index contributed by atoms with van der Waals surface area (Å²) in [4.78, 5) is 1.16. The molecular formula is C14H14BrF2NOS. The van der Waals surface area contributed by atoms with E-state index in [0.717, 1.165) is 14.9 Å². The number of rotatable bonds is 6. The quantitative estimate of drug-likeness (QED) is 0.810. The highest BCUT2D eigenvalue weighted by Gasteiger charge is 2.18. The maximum atomic E-state index is 12.5.